The van der Waals surface area contributed by atoms with E-state index >= 15 is 0 Å². The molecule has 2 rings (SSSR count). The molecule has 118 valence electrons. The third-order valence-electron chi connectivity index (χ3n) is 5.48. The molecule has 0 aromatic rings. The van der Waals surface area contributed by atoms with Crippen LogP contribution in [0.3, 0.4) is 0 Å². The Bertz CT molecular complexity index is 324. The predicted octanol–water partition coefficient (Wildman–Crippen LogP) is 4.01. The van der Waals surface area contributed by atoms with Crippen molar-refractivity contribution < 1.29 is 0 Å². The number of hydrogen-bond acceptors (Lipinski definition) is 2. The maximum atomic E-state index is 2.72. The maximum Gasteiger partial charge on any atom is 0.0214 e. The van der Waals surface area contributed by atoms with Crippen LogP contribution in [0, 0.1) is 10.8 Å². The Morgan fingerprint density at radius 2 is 1.50 bits per heavy atom. The van der Waals surface area contributed by atoms with Gasteiger partial charge < -0.3 is 4.90 Å². The quantitative estimate of drug-likeness (QED) is 0.768. The van der Waals surface area contributed by atoms with E-state index in [1.807, 2.05) is 0 Å². The first kappa shape index (κ1) is 16.3. The van der Waals surface area contributed by atoms with Crippen molar-refractivity contribution in [2.45, 2.75) is 78.8 Å². The zero-order valence-electron chi connectivity index (χ0n) is 14.9. The highest BCUT2D eigenvalue weighted by molar-refractivity contribution is 5.10. The Balaban J connectivity index is 2.18. The van der Waals surface area contributed by atoms with E-state index in [1.165, 1.54) is 45.3 Å². The Morgan fingerprint density at radius 1 is 1.00 bits per heavy atom. The van der Waals surface area contributed by atoms with Gasteiger partial charge >= 0.3 is 0 Å². The van der Waals surface area contributed by atoms with E-state index in [0.29, 0.717) is 16.9 Å². The highest BCUT2D eigenvalue weighted by Gasteiger charge is 2.56. The van der Waals surface area contributed by atoms with Gasteiger partial charge in [-0.25, -0.2) is 0 Å². The van der Waals surface area contributed by atoms with Crippen molar-refractivity contribution in [3.63, 3.8) is 0 Å². The molecule has 0 amide bonds. The molecule has 1 aliphatic carbocycles. The molecule has 0 radical (unpaired) electrons. The second-order valence-electron chi connectivity index (χ2n) is 9.40. The molecule has 2 heteroatoms. The summed E-state index contributed by atoms with van der Waals surface area (Å²) in [7, 11) is 2.35. The minimum absolute atomic E-state index is 0.249. The van der Waals surface area contributed by atoms with Crippen molar-refractivity contribution in [3.8, 4) is 0 Å². The maximum absolute atomic E-state index is 2.72. The van der Waals surface area contributed by atoms with E-state index in [1.54, 1.807) is 0 Å². The second-order valence-corrected chi connectivity index (χ2v) is 9.40. The summed E-state index contributed by atoms with van der Waals surface area (Å²) in [5.41, 5.74) is 1.14. The van der Waals surface area contributed by atoms with Crippen LogP contribution >= 0.6 is 0 Å². The molecule has 1 saturated carbocycles. The first-order valence-corrected chi connectivity index (χ1v) is 8.52. The fourth-order valence-electron chi connectivity index (χ4n) is 4.36. The van der Waals surface area contributed by atoms with Crippen LogP contribution in [0.1, 0.15) is 67.2 Å². The molecule has 1 unspecified atom stereocenters. The minimum Gasteiger partial charge on any atom is -0.303 e. The summed E-state index contributed by atoms with van der Waals surface area (Å²) in [6.45, 7) is 18.4. The van der Waals surface area contributed by atoms with Gasteiger partial charge in [0.2, 0.25) is 0 Å². The van der Waals surface area contributed by atoms with E-state index in [9.17, 15) is 0 Å². The van der Waals surface area contributed by atoms with E-state index < -0.39 is 0 Å². The van der Waals surface area contributed by atoms with Gasteiger partial charge in [-0.2, -0.15) is 0 Å². The second kappa shape index (κ2) is 5.28. The number of rotatable bonds is 4. The number of likely N-dealkylation sites (tertiary alicyclic amines) is 1. The highest BCUT2D eigenvalue weighted by atomic mass is 15.2. The molecule has 1 atom stereocenters. The molecule has 1 heterocycles. The fourth-order valence-corrected chi connectivity index (χ4v) is 4.36. The number of hydrogen-bond donors (Lipinski definition) is 0. The summed E-state index contributed by atoms with van der Waals surface area (Å²) < 4.78 is 0. The van der Waals surface area contributed by atoms with Crippen LogP contribution in [0.25, 0.3) is 0 Å². The van der Waals surface area contributed by atoms with Gasteiger partial charge in [-0.3, -0.25) is 4.90 Å². The Morgan fingerprint density at radius 3 is 1.85 bits per heavy atom. The van der Waals surface area contributed by atoms with E-state index in [2.05, 4.69) is 58.4 Å². The first-order chi connectivity index (χ1) is 9.06. The van der Waals surface area contributed by atoms with Crippen LogP contribution in [0.4, 0.5) is 0 Å². The largest absolute Gasteiger partial charge is 0.303 e. The van der Waals surface area contributed by atoms with Crippen molar-refractivity contribution in [2.24, 2.45) is 10.8 Å². The minimum atomic E-state index is 0.249. The normalized spacial score (nSPS) is 25.2. The summed E-state index contributed by atoms with van der Waals surface area (Å²) in [6.07, 6.45) is 5.66. The highest BCUT2D eigenvalue weighted by Crippen LogP contribution is 2.56. The van der Waals surface area contributed by atoms with Crippen molar-refractivity contribution in [3.05, 3.63) is 0 Å². The van der Waals surface area contributed by atoms with Crippen LogP contribution in [0.5, 0.6) is 0 Å². The van der Waals surface area contributed by atoms with Gasteiger partial charge in [0.05, 0.1) is 0 Å². The van der Waals surface area contributed by atoms with Crippen LogP contribution in [0.15, 0.2) is 0 Å². The zero-order chi connectivity index (χ0) is 15.2. The molecule has 2 nitrogen and oxygen atoms in total. The molecule has 0 aromatic heterocycles. The molecule has 2 fully saturated rings. The molecule has 2 aliphatic rings. The average Bonchev–Trinajstić information content (AvgIpc) is 2.83. The van der Waals surface area contributed by atoms with Gasteiger partial charge in [0.15, 0.2) is 0 Å². The summed E-state index contributed by atoms with van der Waals surface area (Å²) in [6, 6.07) is 0.676. The first-order valence-electron chi connectivity index (χ1n) is 8.52. The monoisotopic (exact) mass is 280 g/mol. The van der Waals surface area contributed by atoms with Crippen LogP contribution in [0.2, 0.25) is 0 Å². The molecule has 0 N–H and O–H groups in total. The zero-order valence-corrected chi connectivity index (χ0v) is 14.9. The molecule has 0 aromatic carbocycles. The predicted molar refractivity (Wildman–Crippen MR) is 88.1 cm³/mol. The summed E-state index contributed by atoms with van der Waals surface area (Å²) >= 11 is 0. The van der Waals surface area contributed by atoms with Crippen molar-refractivity contribution in [1.29, 1.82) is 0 Å². The molecule has 1 saturated heterocycles. The molecule has 0 bridgehead atoms. The Labute approximate surface area is 126 Å². The van der Waals surface area contributed by atoms with Crippen LogP contribution < -0.4 is 0 Å². The third-order valence-corrected chi connectivity index (χ3v) is 5.48. The molecular weight excluding hydrogens is 244 g/mol. The van der Waals surface area contributed by atoms with Crippen molar-refractivity contribution in [1.82, 2.24) is 9.80 Å². The van der Waals surface area contributed by atoms with Gasteiger partial charge in [-0.05, 0) is 77.4 Å². The molecule has 20 heavy (non-hydrogen) atoms. The lowest BCUT2D eigenvalue weighted by Gasteiger charge is -2.50. The fraction of sp³-hybridized carbons (Fsp3) is 1.00. The van der Waals surface area contributed by atoms with Crippen LogP contribution in [-0.2, 0) is 0 Å². The molecule has 0 spiro atoms. The topological polar surface area (TPSA) is 6.48 Å². The third kappa shape index (κ3) is 3.39. The average molecular weight is 280 g/mol. The summed E-state index contributed by atoms with van der Waals surface area (Å²) in [4.78, 5) is 5.39. The summed E-state index contributed by atoms with van der Waals surface area (Å²) in [5.74, 6) is 0. The molecular formula is C18H36N2. The Kier molecular flexibility index (Phi) is 4.30. The number of nitrogens with zero attached hydrogens (tertiary/aromatic N) is 2. The lowest BCUT2D eigenvalue weighted by atomic mass is 9.74. The van der Waals surface area contributed by atoms with Gasteiger partial charge in [-0.1, -0.05) is 20.8 Å². The standard InChI is InChI=1S/C18H36N2/c1-16(2,3)15(19(7)17(4,5)6)18(10-11-18)14-20-12-8-9-13-20/h15H,8-14H2,1-7H3. The Hall–Kier alpha value is -0.0800. The van der Waals surface area contributed by atoms with E-state index in [0.717, 1.165) is 0 Å². The molecule has 1 aliphatic heterocycles. The lowest BCUT2D eigenvalue weighted by Crippen LogP contribution is -2.57. The van der Waals surface area contributed by atoms with E-state index in [-0.39, 0.29) is 5.54 Å². The van der Waals surface area contributed by atoms with E-state index in [4.69, 9.17) is 0 Å². The lowest BCUT2D eigenvalue weighted by molar-refractivity contribution is -0.00988. The van der Waals surface area contributed by atoms with Gasteiger partial charge in [0.25, 0.3) is 0 Å². The van der Waals surface area contributed by atoms with Gasteiger partial charge in [0.1, 0.15) is 0 Å². The van der Waals surface area contributed by atoms with Crippen molar-refractivity contribution >= 4 is 0 Å². The SMILES string of the molecule is CN(C(C(C)(C)C)C1(CN2CCCC2)CC1)C(C)(C)C. The van der Waals surface area contributed by atoms with Crippen molar-refractivity contribution in [2.75, 3.05) is 26.7 Å². The smallest absolute Gasteiger partial charge is 0.0214 e. The van der Waals surface area contributed by atoms with Crippen LogP contribution in [-0.4, -0.2) is 48.1 Å². The summed E-state index contributed by atoms with van der Waals surface area (Å²) in [5, 5.41) is 0. The van der Waals surface area contributed by atoms with Gasteiger partial charge in [-0.15, -0.1) is 0 Å². The van der Waals surface area contributed by atoms with Gasteiger partial charge in [0, 0.05) is 18.1 Å².